The Morgan fingerprint density at radius 2 is 1.65 bits per heavy atom. The highest BCUT2D eigenvalue weighted by atomic mass is 19.1. The van der Waals surface area contributed by atoms with Gasteiger partial charge in [-0.25, -0.2) is 14.4 Å². The number of H-pyrrole nitrogens is 1. The van der Waals surface area contributed by atoms with Crippen molar-refractivity contribution in [1.29, 1.82) is 0 Å². The number of hydrogen-bond donors (Lipinski definition) is 2. The Morgan fingerprint density at radius 1 is 0.971 bits per heavy atom. The van der Waals surface area contributed by atoms with Crippen molar-refractivity contribution in [3.63, 3.8) is 0 Å². The molecular weight excluding hydrogens is 433 g/mol. The van der Waals surface area contributed by atoms with E-state index in [0.717, 1.165) is 54.7 Å². The molecule has 0 amide bonds. The fraction of sp³-hybridized carbons (Fsp3) is 0.462. The van der Waals surface area contributed by atoms with Gasteiger partial charge >= 0.3 is 5.97 Å². The van der Waals surface area contributed by atoms with Crippen LogP contribution < -0.4 is 4.90 Å². The van der Waals surface area contributed by atoms with Gasteiger partial charge in [0.05, 0.1) is 0 Å². The molecule has 3 aromatic rings. The van der Waals surface area contributed by atoms with Crippen LogP contribution in [0.3, 0.4) is 0 Å². The summed E-state index contributed by atoms with van der Waals surface area (Å²) >= 11 is 0. The van der Waals surface area contributed by atoms with Crippen molar-refractivity contribution >= 4 is 11.8 Å². The molecule has 2 aliphatic rings. The standard InChI is InChI=1S/C26H30FN5O2/c27-22-8-5-20(6-9-22)25-29-26(31-30-25)21-7-10-23(28-16-21)32-13-11-19(12-14-32)18-3-1-17(2-4-18)15-24(33)34/h5-10,16-19H,1-4,11-15H2,(H,33,34)(H,29,30,31). The SMILES string of the molecule is O=C(O)CC1CCC(C2CCN(c3ccc(-c4n[nH]c(-c5ccc(F)cc5)n4)cn3)CC2)CC1. The number of aromatic nitrogens is 4. The molecule has 0 unspecified atom stereocenters. The van der Waals surface area contributed by atoms with Crippen molar-refractivity contribution in [1.82, 2.24) is 20.2 Å². The molecule has 34 heavy (non-hydrogen) atoms. The van der Waals surface area contributed by atoms with Gasteiger partial charge in [0.25, 0.3) is 0 Å². The highest BCUT2D eigenvalue weighted by Crippen LogP contribution is 2.39. The molecule has 1 saturated carbocycles. The van der Waals surface area contributed by atoms with E-state index in [1.807, 2.05) is 18.3 Å². The van der Waals surface area contributed by atoms with Gasteiger partial charge in [-0.1, -0.05) is 0 Å². The average Bonchev–Trinajstić information content (AvgIpc) is 3.35. The number of benzene rings is 1. The molecule has 0 atom stereocenters. The smallest absolute Gasteiger partial charge is 0.303 e. The number of halogens is 1. The number of nitrogens with zero attached hydrogens (tertiary/aromatic N) is 4. The second kappa shape index (κ2) is 9.91. The van der Waals surface area contributed by atoms with Crippen LogP contribution in [0.2, 0.25) is 0 Å². The maximum Gasteiger partial charge on any atom is 0.303 e. The fourth-order valence-corrected chi connectivity index (χ4v) is 5.54. The fourth-order valence-electron chi connectivity index (χ4n) is 5.54. The van der Waals surface area contributed by atoms with E-state index in [9.17, 15) is 9.18 Å². The number of nitrogens with one attached hydrogen (secondary N) is 1. The van der Waals surface area contributed by atoms with Crippen LogP contribution in [0.1, 0.15) is 44.9 Å². The van der Waals surface area contributed by atoms with E-state index in [1.165, 1.54) is 37.8 Å². The average molecular weight is 464 g/mol. The quantitative estimate of drug-likeness (QED) is 0.524. The highest BCUT2D eigenvalue weighted by Gasteiger charge is 2.31. The van der Waals surface area contributed by atoms with Gasteiger partial charge in [0.15, 0.2) is 11.6 Å². The summed E-state index contributed by atoms with van der Waals surface area (Å²) < 4.78 is 13.2. The zero-order valence-electron chi connectivity index (χ0n) is 19.2. The molecule has 1 saturated heterocycles. The van der Waals surface area contributed by atoms with Crippen molar-refractivity contribution in [2.75, 3.05) is 18.0 Å². The molecule has 2 fully saturated rings. The van der Waals surface area contributed by atoms with Gasteiger partial charge in [-0.15, -0.1) is 0 Å². The Bertz CT molecular complexity index is 1100. The lowest BCUT2D eigenvalue weighted by atomic mass is 9.72. The summed E-state index contributed by atoms with van der Waals surface area (Å²) in [6, 6.07) is 10.2. The van der Waals surface area contributed by atoms with E-state index in [-0.39, 0.29) is 5.82 Å². The van der Waals surface area contributed by atoms with Crippen molar-refractivity contribution in [3.05, 3.63) is 48.4 Å². The lowest BCUT2D eigenvalue weighted by Gasteiger charge is -2.39. The minimum Gasteiger partial charge on any atom is -0.481 e. The molecule has 0 bridgehead atoms. The number of piperidine rings is 1. The summed E-state index contributed by atoms with van der Waals surface area (Å²) in [4.78, 5) is 22.5. The van der Waals surface area contributed by atoms with Gasteiger partial charge in [0, 0.05) is 36.8 Å². The molecule has 1 aliphatic heterocycles. The third-order valence-corrected chi connectivity index (χ3v) is 7.49. The predicted molar refractivity (Wildman–Crippen MR) is 128 cm³/mol. The normalized spacial score (nSPS) is 21.5. The van der Waals surface area contributed by atoms with Crippen molar-refractivity contribution in [2.45, 2.75) is 44.9 Å². The lowest BCUT2D eigenvalue weighted by molar-refractivity contribution is -0.138. The second-order valence-electron chi connectivity index (χ2n) is 9.62. The molecule has 1 aromatic carbocycles. The van der Waals surface area contributed by atoms with Crippen LogP contribution in [0, 0.1) is 23.6 Å². The maximum atomic E-state index is 13.2. The van der Waals surface area contributed by atoms with E-state index in [0.29, 0.717) is 24.0 Å². The first-order chi connectivity index (χ1) is 16.5. The van der Waals surface area contributed by atoms with Gasteiger partial charge in [0.1, 0.15) is 11.6 Å². The Hall–Kier alpha value is -3.29. The molecule has 8 heteroatoms. The van der Waals surface area contributed by atoms with Crippen LogP contribution in [0.5, 0.6) is 0 Å². The topological polar surface area (TPSA) is 95.0 Å². The Balaban J connectivity index is 1.15. The summed E-state index contributed by atoms with van der Waals surface area (Å²) in [5, 5.41) is 16.2. The number of carboxylic acid groups (broad SMARTS) is 1. The van der Waals surface area contributed by atoms with Crippen molar-refractivity contribution < 1.29 is 14.3 Å². The van der Waals surface area contributed by atoms with Gasteiger partial charge < -0.3 is 10.0 Å². The molecule has 1 aliphatic carbocycles. The summed E-state index contributed by atoms with van der Waals surface area (Å²) in [6.45, 7) is 2.00. The zero-order chi connectivity index (χ0) is 23.5. The molecule has 5 rings (SSSR count). The van der Waals surface area contributed by atoms with Crippen molar-refractivity contribution in [2.24, 2.45) is 17.8 Å². The monoisotopic (exact) mass is 463 g/mol. The number of aliphatic carboxylic acids is 1. The van der Waals surface area contributed by atoms with Gasteiger partial charge in [-0.05, 0) is 92.7 Å². The van der Waals surface area contributed by atoms with E-state index in [4.69, 9.17) is 5.11 Å². The molecule has 178 valence electrons. The molecule has 2 N–H and O–H groups in total. The number of hydrogen-bond acceptors (Lipinski definition) is 5. The number of anilines is 1. The van der Waals surface area contributed by atoms with Gasteiger partial charge in [0.2, 0.25) is 0 Å². The van der Waals surface area contributed by atoms with Crippen LogP contribution in [-0.2, 0) is 4.79 Å². The van der Waals surface area contributed by atoms with Crippen LogP contribution in [-0.4, -0.2) is 44.3 Å². The summed E-state index contributed by atoms with van der Waals surface area (Å²) in [7, 11) is 0. The molecular formula is C26H30FN5O2. The van der Waals surface area contributed by atoms with Crippen LogP contribution in [0.15, 0.2) is 42.6 Å². The molecule has 0 spiro atoms. The minimum absolute atomic E-state index is 0.282. The summed E-state index contributed by atoms with van der Waals surface area (Å²) in [5.41, 5.74) is 1.62. The Morgan fingerprint density at radius 3 is 2.29 bits per heavy atom. The first-order valence-corrected chi connectivity index (χ1v) is 12.2. The zero-order valence-corrected chi connectivity index (χ0v) is 19.2. The Labute approximate surface area is 198 Å². The largest absolute Gasteiger partial charge is 0.481 e. The van der Waals surface area contributed by atoms with Crippen LogP contribution in [0.4, 0.5) is 10.2 Å². The third-order valence-electron chi connectivity index (χ3n) is 7.49. The number of pyridine rings is 1. The first kappa shape index (κ1) is 22.5. The summed E-state index contributed by atoms with van der Waals surface area (Å²) in [6.07, 6.45) is 8.93. The molecule has 3 heterocycles. The van der Waals surface area contributed by atoms with E-state index in [2.05, 4.69) is 25.1 Å². The molecule has 0 radical (unpaired) electrons. The molecule has 7 nitrogen and oxygen atoms in total. The van der Waals surface area contributed by atoms with Gasteiger partial charge in [-0.2, -0.15) is 5.10 Å². The Kier molecular flexibility index (Phi) is 6.56. The number of carbonyl (C=O) groups is 1. The third kappa shape index (κ3) is 5.11. The number of aromatic amines is 1. The number of rotatable bonds is 6. The maximum absolute atomic E-state index is 13.2. The summed E-state index contributed by atoms with van der Waals surface area (Å²) in [5.74, 6) is 3.04. The highest BCUT2D eigenvalue weighted by molar-refractivity contribution is 5.67. The van der Waals surface area contributed by atoms with Crippen molar-refractivity contribution in [3.8, 4) is 22.8 Å². The lowest BCUT2D eigenvalue weighted by Crippen LogP contribution is -2.37. The van der Waals surface area contributed by atoms with E-state index >= 15 is 0 Å². The van der Waals surface area contributed by atoms with Crippen LogP contribution in [0.25, 0.3) is 22.8 Å². The first-order valence-electron chi connectivity index (χ1n) is 12.2. The molecule has 2 aromatic heterocycles. The van der Waals surface area contributed by atoms with E-state index < -0.39 is 5.97 Å². The second-order valence-corrected chi connectivity index (χ2v) is 9.62. The van der Waals surface area contributed by atoms with Crippen LogP contribution >= 0.6 is 0 Å². The van der Waals surface area contributed by atoms with Gasteiger partial charge in [-0.3, -0.25) is 9.89 Å². The minimum atomic E-state index is -0.660. The number of carboxylic acids is 1. The van der Waals surface area contributed by atoms with E-state index in [1.54, 1.807) is 12.1 Å². The predicted octanol–water partition coefficient (Wildman–Crippen LogP) is 5.17.